The maximum atomic E-state index is 11.2. The maximum Gasteiger partial charge on any atom is 0.321 e. The van der Waals surface area contributed by atoms with Crippen molar-refractivity contribution in [3.8, 4) is 0 Å². The predicted molar refractivity (Wildman–Crippen MR) is 65.4 cm³/mol. The average Bonchev–Trinajstić information content (AvgIpc) is 2.06. The van der Waals surface area contributed by atoms with E-state index in [0.717, 1.165) is 19.5 Å². The van der Waals surface area contributed by atoms with Crippen LogP contribution in [0.25, 0.3) is 0 Å². The normalized spacial score (nSPS) is 22.6. The summed E-state index contributed by atoms with van der Waals surface area (Å²) in [5, 5.41) is 9.26. The van der Waals surface area contributed by atoms with Crippen molar-refractivity contribution in [2.24, 2.45) is 17.3 Å². The summed E-state index contributed by atoms with van der Waals surface area (Å²) < 4.78 is 0. The lowest BCUT2D eigenvalue weighted by atomic mass is 9.74. The number of aliphatic carboxylic acids is 1. The summed E-state index contributed by atoms with van der Waals surface area (Å²) in [6, 6.07) is -0.288. The molecule has 1 rings (SSSR count). The van der Waals surface area contributed by atoms with Crippen molar-refractivity contribution in [1.29, 1.82) is 0 Å². The van der Waals surface area contributed by atoms with Crippen molar-refractivity contribution in [3.05, 3.63) is 0 Å². The van der Waals surface area contributed by atoms with Gasteiger partial charge in [0, 0.05) is 13.1 Å². The lowest BCUT2D eigenvalue weighted by molar-refractivity contribution is -0.150. The van der Waals surface area contributed by atoms with E-state index < -0.39 is 5.97 Å². The fourth-order valence-electron chi connectivity index (χ4n) is 2.27. The zero-order valence-corrected chi connectivity index (χ0v) is 11.2. The SMILES string of the molecule is CCC(C)C(C(=O)O)N1CC(C(C)(C)C)C1. The Morgan fingerprint density at radius 1 is 1.44 bits per heavy atom. The van der Waals surface area contributed by atoms with Crippen LogP contribution in [0.15, 0.2) is 0 Å². The summed E-state index contributed by atoms with van der Waals surface area (Å²) in [5.74, 6) is 0.207. The second-order valence-electron chi connectivity index (χ2n) is 6.19. The Morgan fingerprint density at radius 3 is 2.25 bits per heavy atom. The largest absolute Gasteiger partial charge is 0.480 e. The van der Waals surface area contributed by atoms with Gasteiger partial charge in [-0.05, 0) is 17.3 Å². The zero-order chi connectivity index (χ0) is 12.5. The Balaban J connectivity index is 2.56. The summed E-state index contributed by atoms with van der Waals surface area (Å²) in [6.45, 7) is 12.6. The molecular weight excluding hydrogens is 202 g/mol. The van der Waals surface area contributed by atoms with Gasteiger partial charge in [0.2, 0.25) is 0 Å². The molecule has 1 saturated heterocycles. The van der Waals surface area contributed by atoms with Crippen LogP contribution in [0, 0.1) is 17.3 Å². The fourth-order valence-corrected chi connectivity index (χ4v) is 2.27. The van der Waals surface area contributed by atoms with Gasteiger partial charge in [0.05, 0.1) is 0 Å². The van der Waals surface area contributed by atoms with Crippen LogP contribution in [-0.4, -0.2) is 35.1 Å². The third-order valence-electron chi connectivity index (χ3n) is 3.96. The molecule has 0 aromatic carbocycles. The number of likely N-dealkylation sites (tertiary alicyclic amines) is 1. The highest BCUT2D eigenvalue weighted by molar-refractivity contribution is 5.74. The number of rotatable bonds is 4. The molecule has 0 radical (unpaired) electrons. The van der Waals surface area contributed by atoms with Crippen LogP contribution >= 0.6 is 0 Å². The van der Waals surface area contributed by atoms with Gasteiger partial charge in [-0.15, -0.1) is 0 Å². The first-order chi connectivity index (χ1) is 7.27. The molecule has 3 nitrogen and oxygen atoms in total. The van der Waals surface area contributed by atoms with Crippen LogP contribution in [0.4, 0.5) is 0 Å². The molecule has 2 unspecified atom stereocenters. The molecule has 0 aromatic rings. The molecule has 0 spiro atoms. The van der Waals surface area contributed by atoms with Gasteiger partial charge >= 0.3 is 5.97 Å². The van der Waals surface area contributed by atoms with Crippen molar-refractivity contribution in [1.82, 2.24) is 4.90 Å². The molecule has 3 heteroatoms. The van der Waals surface area contributed by atoms with E-state index >= 15 is 0 Å². The Labute approximate surface area is 98.8 Å². The van der Waals surface area contributed by atoms with Crippen molar-refractivity contribution >= 4 is 5.97 Å². The molecule has 16 heavy (non-hydrogen) atoms. The third kappa shape index (κ3) is 2.76. The van der Waals surface area contributed by atoms with E-state index in [0.29, 0.717) is 11.3 Å². The molecule has 0 bridgehead atoms. The van der Waals surface area contributed by atoms with E-state index in [1.165, 1.54) is 0 Å². The first-order valence-electron chi connectivity index (χ1n) is 6.24. The molecule has 1 aliphatic heterocycles. The van der Waals surface area contributed by atoms with Gasteiger partial charge in [-0.25, -0.2) is 0 Å². The van der Waals surface area contributed by atoms with Gasteiger partial charge in [0.25, 0.3) is 0 Å². The van der Waals surface area contributed by atoms with E-state index in [9.17, 15) is 9.90 Å². The topological polar surface area (TPSA) is 40.5 Å². The summed E-state index contributed by atoms with van der Waals surface area (Å²) in [4.78, 5) is 13.4. The number of carboxylic acid groups (broad SMARTS) is 1. The van der Waals surface area contributed by atoms with Crippen LogP contribution in [0.3, 0.4) is 0 Å². The molecule has 1 N–H and O–H groups in total. The summed E-state index contributed by atoms with van der Waals surface area (Å²) in [6.07, 6.45) is 0.924. The van der Waals surface area contributed by atoms with Crippen molar-refractivity contribution < 1.29 is 9.90 Å². The van der Waals surface area contributed by atoms with Crippen LogP contribution in [-0.2, 0) is 4.79 Å². The smallest absolute Gasteiger partial charge is 0.321 e. The van der Waals surface area contributed by atoms with E-state index in [2.05, 4.69) is 32.6 Å². The minimum absolute atomic E-state index is 0.235. The van der Waals surface area contributed by atoms with Crippen LogP contribution < -0.4 is 0 Å². The molecular formula is C13H25NO2. The molecule has 1 aliphatic rings. The minimum Gasteiger partial charge on any atom is -0.480 e. The molecule has 1 fully saturated rings. The molecule has 94 valence electrons. The molecule has 0 amide bonds. The highest BCUT2D eigenvalue weighted by Crippen LogP contribution is 2.36. The van der Waals surface area contributed by atoms with E-state index in [1.807, 2.05) is 6.92 Å². The number of nitrogens with zero attached hydrogens (tertiary/aromatic N) is 1. The average molecular weight is 227 g/mol. The van der Waals surface area contributed by atoms with Crippen LogP contribution in [0.1, 0.15) is 41.0 Å². The zero-order valence-electron chi connectivity index (χ0n) is 11.2. The standard InChI is InChI=1S/C13H25NO2/c1-6-9(2)11(12(15)16)14-7-10(8-14)13(3,4)5/h9-11H,6-8H2,1-5H3,(H,15,16). The Hall–Kier alpha value is -0.570. The number of carboxylic acids is 1. The second-order valence-corrected chi connectivity index (χ2v) is 6.19. The summed E-state index contributed by atoms with van der Waals surface area (Å²) >= 11 is 0. The van der Waals surface area contributed by atoms with Crippen molar-refractivity contribution in [2.45, 2.75) is 47.1 Å². The first kappa shape index (κ1) is 13.5. The highest BCUT2D eigenvalue weighted by atomic mass is 16.4. The molecule has 0 aromatic heterocycles. The number of hydrogen-bond donors (Lipinski definition) is 1. The molecule has 0 aliphatic carbocycles. The van der Waals surface area contributed by atoms with Crippen molar-refractivity contribution in [2.75, 3.05) is 13.1 Å². The lowest BCUT2D eigenvalue weighted by Gasteiger charge is -2.49. The van der Waals surface area contributed by atoms with Gasteiger partial charge in [-0.1, -0.05) is 41.0 Å². The summed E-state index contributed by atoms with van der Waals surface area (Å²) in [7, 11) is 0. The molecule has 2 atom stereocenters. The molecule has 0 saturated carbocycles. The van der Waals surface area contributed by atoms with Gasteiger partial charge in [0.15, 0.2) is 0 Å². The van der Waals surface area contributed by atoms with E-state index in [4.69, 9.17) is 0 Å². The predicted octanol–water partition coefficient (Wildman–Crippen LogP) is 2.46. The second kappa shape index (κ2) is 4.74. The van der Waals surface area contributed by atoms with Gasteiger partial charge < -0.3 is 5.11 Å². The molecule has 1 heterocycles. The van der Waals surface area contributed by atoms with Gasteiger partial charge in [0.1, 0.15) is 6.04 Å². The Bertz CT molecular complexity index is 251. The fraction of sp³-hybridized carbons (Fsp3) is 0.923. The maximum absolute atomic E-state index is 11.2. The van der Waals surface area contributed by atoms with Gasteiger partial charge in [-0.3, -0.25) is 9.69 Å². The Morgan fingerprint density at radius 2 is 1.94 bits per heavy atom. The minimum atomic E-state index is -0.665. The number of hydrogen-bond acceptors (Lipinski definition) is 2. The summed E-state index contributed by atoms with van der Waals surface area (Å²) in [5.41, 5.74) is 0.301. The van der Waals surface area contributed by atoms with E-state index in [1.54, 1.807) is 0 Å². The third-order valence-corrected chi connectivity index (χ3v) is 3.96. The monoisotopic (exact) mass is 227 g/mol. The number of carbonyl (C=O) groups is 1. The lowest BCUT2D eigenvalue weighted by Crippen LogP contribution is -2.60. The first-order valence-corrected chi connectivity index (χ1v) is 6.24. The van der Waals surface area contributed by atoms with Gasteiger partial charge in [-0.2, -0.15) is 0 Å². The highest BCUT2D eigenvalue weighted by Gasteiger charge is 2.42. The van der Waals surface area contributed by atoms with Crippen LogP contribution in [0.5, 0.6) is 0 Å². The van der Waals surface area contributed by atoms with E-state index in [-0.39, 0.29) is 12.0 Å². The quantitative estimate of drug-likeness (QED) is 0.802. The van der Waals surface area contributed by atoms with Crippen molar-refractivity contribution in [3.63, 3.8) is 0 Å². The Kier molecular flexibility index (Phi) is 4.00. The van der Waals surface area contributed by atoms with Crippen LogP contribution in [0.2, 0.25) is 0 Å².